The molecule has 6 heteroatoms. The summed E-state index contributed by atoms with van der Waals surface area (Å²) in [4.78, 5) is 25.9. The number of nitrogens with zero attached hydrogens (tertiary/aromatic N) is 1. The lowest BCUT2D eigenvalue weighted by atomic mass is 9.51. The monoisotopic (exact) mass is 373 g/mol. The SMILES string of the molecule is CC1(C(=O)OCc2ccccc2)C(=O)C(C#N)=C[C@]2(C)CC(F)(F)CC[C@@H]12. The fourth-order valence-corrected chi connectivity index (χ4v) is 4.58. The molecule has 142 valence electrons. The van der Waals surface area contributed by atoms with Gasteiger partial charge in [0.2, 0.25) is 5.92 Å². The average molecular weight is 373 g/mol. The minimum Gasteiger partial charge on any atom is -0.460 e. The largest absolute Gasteiger partial charge is 0.460 e. The minimum absolute atomic E-state index is 0.0153. The molecule has 27 heavy (non-hydrogen) atoms. The average Bonchev–Trinajstić information content (AvgIpc) is 2.62. The zero-order valence-electron chi connectivity index (χ0n) is 15.3. The third-order valence-corrected chi connectivity index (χ3v) is 5.88. The van der Waals surface area contributed by atoms with Crippen molar-refractivity contribution in [3.05, 3.63) is 47.5 Å². The van der Waals surface area contributed by atoms with E-state index in [2.05, 4.69) is 0 Å². The summed E-state index contributed by atoms with van der Waals surface area (Å²) in [6.07, 6.45) is 0.461. The van der Waals surface area contributed by atoms with Crippen molar-refractivity contribution >= 4 is 11.8 Å². The number of allylic oxidation sites excluding steroid dienone is 2. The van der Waals surface area contributed by atoms with E-state index in [0.717, 1.165) is 5.56 Å². The minimum atomic E-state index is -2.89. The lowest BCUT2D eigenvalue weighted by Crippen LogP contribution is -2.56. The highest BCUT2D eigenvalue weighted by Gasteiger charge is 2.62. The van der Waals surface area contributed by atoms with Crippen molar-refractivity contribution in [2.45, 2.75) is 45.6 Å². The van der Waals surface area contributed by atoms with E-state index in [-0.39, 0.29) is 18.6 Å². The summed E-state index contributed by atoms with van der Waals surface area (Å²) in [5.41, 5.74) is -2.27. The van der Waals surface area contributed by atoms with Crippen molar-refractivity contribution in [3.8, 4) is 6.07 Å². The number of benzene rings is 1. The number of esters is 1. The van der Waals surface area contributed by atoms with E-state index in [0.29, 0.717) is 0 Å². The van der Waals surface area contributed by atoms with Crippen molar-refractivity contribution in [3.63, 3.8) is 0 Å². The second kappa shape index (κ2) is 6.56. The van der Waals surface area contributed by atoms with Crippen LogP contribution in [0, 0.1) is 28.1 Å². The van der Waals surface area contributed by atoms with E-state index in [1.165, 1.54) is 13.0 Å². The van der Waals surface area contributed by atoms with E-state index in [1.54, 1.807) is 37.3 Å². The highest BCUT2D eigenvalue weighted by molar-refractivity contribution is 6.15. The van der Waals surface area contributed by atoms with Crippen LogP contribution in [0.2, 0.25) is 0 Å². The van der Waals surface area contributed by atoms with Crippen LogP contribution in [0.4, 0.5) is 8.78 Å². The zero-order chi connectivity index (χ0) is 19.9. The second-order valence-electron chi connectivity index (χ2n) is 7.89. The van der Waals surface area contributed by atoms with E-state index >= 15 is 0 Å². The van der Waals surface area contributed by atoms with Crippen molar-refractivity contribution in [1.82, 2.24) is 0 Å². The Balaban J connectivity index is 1.94. The molecule has 0 amide bonds. The normalized spacial score (nSPS) is 32.0. The summed E-state index contributed by atoms with van der Waals surface area (Å²) in [6, 6.07) is 10.8. The Morgan fingerprint density at radius 3 is 2.59 bits per heavy atom. The number of alkyl halides is 2. The number of nitriles is 1. The van der Waals surface area contributed by atoms with Gasteiger partial charge in [-0.05, 0) is 30.2 Å². The summed E-state index contributed by atoms with van der Waals surface area (Å²) in [5, 5.41) is 9.34. The molecule has 0 aromatic heterocycles. The molecule has 0 spiro atoms. The molecule has 0 heterocycles. The van der Waals surface area contributed by atoms with Gasteiger partial charge in [0.05, 0.1) is 5.57 Å². The van der Waals surface area contributed by atoms with Crippen LogP contribution in [0.3, 0.4) is 0 Å². The van der Waals surface area contributed by atoms with Crippen molar-refractivity contribution in [2.24, 2.45) is 16.7 Å². The molecule has 1 fully saturated rings. The molecule has 4 nitrogen and oxygen atoms in total. The molecule has 0 radical (unpaired) electrons. The number of Topliss-reactive ketones (excluding diaryl/α,β-unsaturated/α-hetero) is 1. The number of carbonyl (C=O) groups excluding carboxylic acids is 2. The Kier molecular flexibility index (Phi) is 4.67. The number of fused-ring (bicyclic) bond motifs is 1. The van der Waals surface area contributed by atoms with Crippen LogP contribution >= 0.6 is 0 Å². The van der Waals surface area contributed by atoms with E-state index in [4.69, 9.17) is 4.74 Å². The van der Waals surface area contributed by atoms with E-state index in [9.17, 15) is 23.6 Å². The lowest BCUT2D eigenvalue weighted by Gasteiger charge is -2.51. The number of hydrogen-bond donors (Lipinski definition) is 0. The van der Waals surface area contributed by atoms with Crippen LogP contribution in [-0.2, 0) is 20.9 Å². The van der Waals surface area contributed by atoms with Gasteiger partial charge in [0.15, 0.2) is 5.78 Å². The number of halogens is 2. The van der Waals surface area contributed by atoms with Crippen LogP contribution in [0.1, 0.15) is 38.7 Å². The topological polar surface area (TPSA) is 67.2 Å². The van der Waals surface area contributed by atoms with Crippen molar-refractivity contribution in [2.75, 3.05) is 0 Å². The molecule has 1 unspecified atom stereocenters. The van der Waals surface area contributed by atoms with Gasteiger partial charge in [0, 0.05) is 12.8 Å². The Morgan fingerprint density at radius 2 is 1.96 bits per heavy atom. The third kappa shape index (κ3) is 3.27. The van der Waals surface area contributed by atoms with Gasteiger partial charge < -0.3 is 4.74 Å². The lowest BCUT2D eigenvalue weighted by molar-refractivity contribution is -0.176. The summed E-state index contributed by atoms with van der Waals surface area (Å²) in [5.74, 6) is -4.94. The number of ketones is 1. The quantitative estimate of drug-likeness (QED) is 0.588. The van der Waals surface area contributed by atoms with Gasteiger partial charge >= 0.3 is 5.97 Å². The number of hydrogen-bond acceptors (Lipinski definition) is 4. The maximum absolute atomic E-state index is 14.1. The van der Waals surface area contributed by atoms with Gasteiger partial charge in [-0.2, -0.15) is 5.26 Å². The summed E-state index contributed by atoms with van der Waals surface area (Å²) in [7, 11) is 0. The molecule has 0 bridgehead atoms. The smallest absolute Gasteiger partial charge is 0.320 e. The van der Waals surface area contributed by atoms with Crippen molar-refractivity contribution < 1.29 is 23.1 Å². The first-order valence-corrected chi connectivity index (χ1v) is 8.89. The maximum atomic E-state index is 14.1. The van der Waals surface area contributed by atoms with Gasteiger partial charge in [-0.15, -0.1) is 0 Å². The predicted molar refractivity (Wildman–Crippen MR) is 93.4 cm³/mol. The van der Waals surface area contributed by atoms with E-state index in [1.807, 2.05) is 6.07 Å². The molecule has 2 aliphatic rings. The van der Waals surface area contributed by atoms with Gasteiger partial charge in [-0.25, -0.2) is 8.78 Å². The first-order valence-electron chi connectivity index (χ1n) is 8.89. The van der Waals surface area contributed by atoms with Gasteiger partial charge in [-0.3, -0.25) is 9.59 Å². The fourth-order valence-electron chi connectivity index (χ4n) is 4.58. The molecule has 0 aliphatic heterocycles. The number of rotatable bonds is 3. The molecule has 1 aromatic carbocycles. The Morgan fingerprint density at radius 1 is 1.30 bits per heavy atom. The predicted octanol–water partition coefficient (Wildman–Crippen LogP) is 4.21. The number of carbonyl (C=O) groups is 2. The third-order valence-electron chi connectivity index (χ3n) is 5.88. The summed E-state index contributed by atoms with van der Waals surface area (Å²) >= 11 is 0. The second-order valence-corrected chi connectivity index (χ2v) is 7.89. The Bertz CT molecular complexity index is 843. The Hall–Kier alpha value is -2.55. The van der Waals surface area contributed by atoms with Crippen molar-refractivity contribution in [1.29, 1.82) is 5.26 Å². The van der Waals surface area contributed by atoms with Crippen LogP contribution in [0.25, 0.3) is 0 Å². The first kappa shape index (κ1) is 19.2. The molecule has 2 aliphatic carbocycles. The standard InChI is InChI=1S/C21H21F2NO3/c1-19-10-15(11-24)17(25)20(2,16(19)8-9-21(22,23)13-19)18(26)27-12-14-6-4-3-5-7-14/h3-7,10,16H,8-9,12-13H2,1-2H3/t16-,19-,20?/m1/s1. The molecule has 1 aromatic rings. The molecule has 0 N–H and O–H groups in total. The molecule has 3 atom stereocenters. The van der Waals surface area contributed by atoms with Crippen LogP contribution < -0.4 is 0 Å². The molecular weight excluding hydrogens is 352 g/mol. The molecule has 0 saturated heterocycles. The van der Waals surface area contributed by atoms with E-state index < -0.39 is 47.3 Å². The maximum Gasteiger partial charge on any atom is 0.320 e. The molecular formula is C21H21F2NO3. The van der Waals surface area contributed by atoms with Gasteiger partial charge in [0.25, 0.3) is 0 Å². The van der Waals surface area contributed by atoms with Crippen LogP contribution in [-0.4, -0.2) is 17.7 Å². The fraction of sp³-hybridized carbons (Fsp3) is 0.476. The summed E-state index contributed by atoms with van der Waals surface area (Å²) in [6.45, 7) is 3.00. The van der Waals surface area contributed by atoms with Crippen LogP contribution in [0.15, 0.2) is 42.0 Å². The van der Waals surface area contributed by atoms with Gasteiger partial charge in [-0.1, -0.05) is 43.3 Å². The number of ether oxygens (including phenoxy) is 1. The first-order chi connectivity index (χ1) is 12.6. The van der Waals surface area contributed by atoms with Crippen LogP contribution in [0.5, 0.6) is 0 Å². The Labute approximate surface area is 156 Å². The van der Waals surface area contributed by atoms with Gasteiger partial charge in [0.1, 0.15) is 18.1 Å². The highest BCUT2D eigenvalue weighted by Crippen LogP contribution is 2.58. The summed E-state index contributed by atoms with van der Waals surface area (Å²) < 4.78 is 33.5. The molecule has 3 rings (SSSR count). The highest BCUT2D eigenvalue weighted by atomic mass is 19.3. The molecule has 1 saturated carbocycles. The zero-order valence-corrected chi connectivity index (χ0v) is 15.3.